The third kappa shape index (κ3) is 4.01. The molecule has 2 aromatic rings. The minimum Gasteiger partial charge on any atom is -0.485 e. The van der Waals surface area contributed by atoms with Gasteiger partial charge in [0.15, 0.2) is 11.5 Å². The van der Waals surface area contributed by atoms with Gasteiger partial charge in [-0.3, -0.25) is 4.79 Å². The number of nitriles is 1. The third-order valence-corrected chi connectivity index (χ3v) is 5.15. The SMILES string of the molecule is N#Cc1cccc(N2CCC(CNC(=O)C3COc4ccccc4O3)CC2)n1. The monoisotopic (exact) mass is 378 g/mol. The van der Waals surface area contributed by atoms with Crippen molar-refractivity contribution in [2.45, 2.75) is 18.9 Å². The summed E-state index contributed by atoms with van der Waals surface area (Å²) >= 11 is 0. The summed E-state index contributed by atoms with van der Waals surface area (Å²) in [5, 5.41) is 12.0. The number of fused-ring (bicyclic) bond motifs is 1. The van der Waals surface area contributed by atoms with Crippen molar-refractivity contribution in [1.29, 1.82) is 5.26 Å². The van der Waals surface area contributed by atoms with Crippen LogP contribution < -0.4 is 19.7 Å². The zero-order chi connectivity index (χ0) is 19.3. The maximum Gasteiger partial charge on any atom is 0.264 e. The lowest BCUT2D eigenvalue weighted by molar-refractivity contribution is -0.130. The van der Waals surface area contributed by atoms with Crippen molar-refractivity contribution in [2.24, 2.45) is 5.92 Å². The summed E-state index contributed by atoms with van der Waals surface area (Å²) in [7, 11) is 0. The maximum absolute atomic E-state index is 12.4. The molecule has 0 spiro atoms. The summed E-state index contributed by atoms with van der Waals surface area (Å²) < 4.78 is 11.4. The highest BCUT2D eigenvalue weighted by Crippen LogP contribution is 2.31. The van der Waals surface area contributed by atoms with E-state index in [1.807, 2.05) is 30.3 Å². The number of nitrogens with zero attached hydrogens (tertiary/aromatic N) is 3. The predicted molar refractivity (Wildman–Crippen MR) is 103 cm³/mol. The minimum atomic E-state index is -0.618. The van der Waals surface area contributed by atoms with Crippen LogP contribution in [0.5, 0.6) is 11.5 Å². The lowest BCUT2D eigenvalue weighted by Crippen LogP contribution is -2.46. The van der Waals surface area contributed by atoms with Gasteiger partial charge in [-0.2, -0.15) is 5.26 Å². The van der Waals surface area contributed by atoms with E-state index in [1.54, 1.807) is 12.1 Å². The Morgan fingerprint density at radius 2 is 1.96 bits per heavy atom. The number of carbonyl (C=O) groups is 1. The molecular weight excluding hydrogens is 356 g/mol. The lowest BCUT2D eigenvalue weighted by atomic mass is 9.96. The van der Waals surface area contributed by atoms with Gasteiger partial charge in [0, 0.05) is 19.6 Å². The highest BCUT2D eigenvalue weighted by atomic mass is 16.6. The topological polar surface area (TPSA) is 87.5 Å². The average Bonchev–Trinajstić information content (AvgIpc) is 2.77. The number of hydrogen-bond acceptors (Lipinski definition) is 6. The summed E-state index contributed by atoms with van der Waals surface area (Å²) in [6.45, 7) is 2.57. The van der Waals surface area contributed by atoms with Gasteiger partial charge in [0.05, 0.1) is 0 Å². The van der Waals surface area contributed by atoms with Crippen molar-refractivity contribution in [3.63, 3.8) is 0 Å². The van der Waals surface area contributed by atoms with Crippen molar-refractivity contribution in [2.75, 3.05) is 31.1 Å². The lowest BCUT2D eigenvalue weighted by Gasteiger charge is -2.33. The van der Waals surface area contributed by atoms with E-state index in [1.165, 1.54) is 0 Å². The summed E-state index contributed by atoms with van der Waals surface area (Å²) in [5.74, 6) is 2.40. The Morgan fingerprint density at radius 3 is 2.75 bits per heavy atom. The molecule has 1 atom stereocenters. The molecular formula is C21H22N4O3. The fourth-order valence-corrected chi connectivity index (χ4v) is 3.54. The number of anilines is 1. The number of rotatable bonds is 4. The highest BCUT2D eigenvalue weighted by molar-refractivity contribution is 5.81. The van der Waals surface area contributed by atoms with Gasteiger partial charge in [0.2, 0.25) is 6.10 Å². The quantitative estimate of drug-likeness (QED) is 0.877. The molecule has 1 aromatic heterocycles. The largest absolute Gasteiger partial charge is 0.485 e. The van der Waals surface area contributed by atoms with Gasteiger partial charge in [-0.1, -0.05) is 18.2 Å². The normalized spacial score (nSPS) is 19.0. The Hall–Kier alpha value is -3.27. The van der Waals surface area contributed by atoms with Crippen LogP contribution >= 0.6 is 0 Å². The zero-order valence-corrected chi connectivity index (χ0v) is 15.5. The molecule has 2 aliphatic heterocycles. The number of benzene rings is 1. The van der Waals surface area contributed by atoms with Crippen molar-refractivity contribution in [3.8, 4) is 17.6 Å². The number of piperidine rings is 1. The predicted octanol–water partition coefficient (Wildman–Crippen LogP) is 2.13. The molecule has 144 valence electrons. The molecule has 1 fully saturated rings. The molecule has 1 aromatic carbocycles. The molecule has 3 heterocycles. The van der Waals surface area contributed by atoms with Crippen LogP contribution in [-0.4, -0.2) is 43.2 Å². The Bertz CT molecular complexity index is 887. The summed E-state index contributed by atoms with van der Waals surface area (Å²) in [5.41, 5.74) is 0.433. The second-order valence-electron chi connectivity index (χ2n) is 7.03. The first-order valence-corrected chi connectivity index (χ1v) is 9.51. The van der Waals surface area contributed by atoms with Crippen molar-refractivity contribution < 1.29 is 14.3 Å². The number of carbonyl (C=O) groups excluding carboxylic acids is 1. The second kappa shape index (κ2) is 8.17. The van der Waals surface area contributed by atoms with Crippen LogP contribution in [0.15, 0.2) is 42.5 Å². The van der Waals surface area contributed by atoms with E-state index in [0.717, 1.165) is 31.7 Å². The van der Waals surface area contributed by atoms with E-state index in [0.29, 0.717) is 29.7 Å². The Labute approximate surface area is 163 Å². The van der Waals surface area contributed by atoms with Crippen molar-refractivity contribution in [3.05, 3.63) is 48.2 Å². The number of amides is 1. The molecule has 1 N–H and O–H groups in total. The standard InChI is InChI=1S/C21H22N4O3/c22-12-16-4-3-7-20(24-16)25-10-8-15(9-11-25)13-23-21(26)19-14-27-17-5-1-2-6-18(17)28-19/h1-7,15,19H,8-11,13-14H2,(H,23,26). The fourth-order valence-electron chi connectivity index (χ4n) is 3.54. The van der Waals surface area contributed by atoms with Crippen molar-refractivity contribution >= 4 is 11.7 Å². The third-order valence-electron chi connectivity index (χ3n) is 5.15. The van der Waals surface area contributed by atoms with Crippen LogP contribution in [0.2, 0.25) is 0 Å². The minimum absolute atomic E-state index is 0.139. The number of pyridine rings is 1. The van der Waals surface area contributed by atoms with Gasteiger partial charge >= 0.3 is 0 Å². The van der Waals surface area contributed by atoms with E-state index >= 15 is 0 Å². The molecule has 1 saturated heterocycles. The highest BCUT2D eigenvalue weighted by Gasteiger charge is 2.28. The van der Waals surface area contributed by atoms with Gasteiger partial charge in [0.1, 0.15) is 24.2 Å². The first-order valence-electron chi connectivity index (χ1n) is 9.51. The molecule has 2 aliphatic rings. The van der Waals surface area contributed by atoms with Crippen molar-refractivity contribution in [1.82, 2.24) is 10.3 Å². The molecule has 0 radical (unpaired) electrons. The Balaban J connectivity index is 1.24. The first-order chi connectivity index (χ1) is 13.7. The molecule has 0 saturated carbocycles. The smallest absolute Gasteiger partial charge is 0.264 e. The molecule has 7 heteroatoms. The Morgan fingerprint density at radius 1 is 1.18 bits per heavy atom. The van der Waals surface area contributed by atoms with Crippen LogP contribution in [0.3, 0.4) is 0 Å². The molecule has 1 amide bonds. The first kappa shape index (κ1) is 18.1. The maximum atomic E-state index is 12.4. The second-order valence-corrected chi connectivity index (χ2v) is 7.03. The van der Waals surface area contributed by atoms with Gasteiger partial charge < -0.3 is 19.7 Å². The van der Waals surface area contributed by atoms with Crippen LogP contribution in [-0.2, 0) is 4.79 Å². The van der Waals surface area contributed by atoms with Gasteiger partial charge in [0.25, 0.3) is 5.91 Å². The number of para-hydroxylation sites is 2. The number of aromatic nitrogens is 1. The molecule has 7 nitrogen and oxygen atoms in total. The van der Waals surface area contributed by atoms with Crippen LogP contribution in [0.1, 0.15) is 18.5 Å². The van der Waals surface area contributed by atoms with E-state index < -0.39 is 6.10 Å². The molecule has 1 unspecified atom stereocenters. The van der Waals surface area contributed by atoms with Crippen LogP contribution in [0, 0.1) is 17.2 Å². The molecule has 4 rings (SSSR count). The van der Waals surface area contributed by atoms with E-state index in [9.17, 15) is 4.79 Å². The molecule has 0 bridgehead atoms. The van der Waals surface area contributed by atoms with Gasteiger partial charge in [-0.15, -0.1) is 0 Å². The van der Waals surface area contributed by atoms with E-state index in [-0.39, 0.29) is 12.5 Å². The summed E-state index contributed by atoms with van der Waals surface area (Å²) in [6, 6.07) is 14.9. The summed E-state index contributed by atoms with van der Waals surface area (Å²) in [6.07, 6.45) is 1.31. The summed E-state index contributed by atoms with van der Waals surface area (Å²) in [4.78, 5) is 19.0. The van der Waals surface area contributed by atoms with Gasteiger partial charge in [-0.05, 0) is 43.0 Å². The zero-order valence-electron chi connectivity index (χ0n) is 15.5. The average molecular weight is 378 g/mol. The number of nitrogens with one attached hydrogen (secondary N) is 1. The van der Waals surface area contributed by atoms with Crippen LogP contribution in [0.4, 0.5) is 5.82 Å². The van der Waals surface area contributed by atoms with E-state index in [2.05, 4.69) is 21.3 Å². The molecule has 0 aliphatic carbocycles. The van der Waals surface area contributed by atoms with E-state index in [4.69, 9.17) is 14.7 Å². The molecule has 28 heavy (non-hydrogen) atoms. The number of hydrogen-bond donors (Lipinski definition) is 1. The Kier molecular flexibility index (Phi) is 5.29. The number of ether oxygens (including phenoxy) is 2. The van der Waals surface area contributed by atoms with Gasteiger partial charge in [-0.25, -0.2) is 4.98 Å². The van der Waals surface area contributed by atoms with Crippen LogP contribution in [0.25, 0.3) is 0 Å². The fraction of sp³-hybridized carbons (Fsp3) is 0.381.